The van der Waals surface area contributed by atoms with Crippen LogP contribution < -0.4 is 0 Å². The highest BCUT2D eigenvalue weighted by atomic mass is 15.4. The van der Waals surface area contributed by atoms with Gasteiger partial charge in [-0.3, -0.25) is 4.57 Å². The summed E-state index contributed by atoms with van der Waals surface area (Å²) < 4.78 is 4.02. The molecular weight excluding hydrogens is 334 g/mol. The van der Waals surface area contributed by atoms with Crippen molar-refractivity contribution in [3.8, 4) is 23.2 Å². The Morgan fingerprint density at radius 3 is 2.59 bits per heavy atom. The van der Waals surface area contributed by atoms with Crippen LogP contribution in [-0.4, -0.2) is 24.5 Å². The molecule has 1 aliphatic rings. The number of aromatic nitrogens is 5. The van der Waals surface area contributed by atoms with E-state index in [0.717, 1.165) is 34.0 Å². The number of fused-ring (bicyclic) bond motifs is 5. The van der Waals surface area contributed by atoms with Gasteiger partial charge in [-0.1, -0.05) is 34.9 Å². The summed E-state index contributed by atoms with van der Waals surface area (Å²) in [6, 6.07) is 14.5. The molecule has 1 aliphatic heterocycles. The van der Waals surface area contributed by atoms with Crippen LogP contribution in [0.1, 0.15) is 33.8 Å². The zero-order chi connectivity index (χ0) is 18.4. The van der Waals surface area contributed by atoms with Crippen molar-refractivity contribution >= 4 is 0 Å². The summed E-state index contributed by atoms with van der Waals surface area (Å²) in [6.45, 7) is 4.15. The Hall–Kier alpha value is -3.65. The highest BCUT2D eigenvalue weighted by Gasteiger charge is 2.22. The van der Waals surface area contributed by atoms with E-state index in [2.05, 4.69) is 75.9 Å². The van der Waals surface area contributed by atoms with Gasteiger partial charge in [-0.15, -0.1) is 5.10 Å². The van der Waals surface area contributed by atoms with Gasteiger partial charge in [0.1, 0.15) is 12.0 Å². The third kappa shape index (κ3) is 2.63. The zero-order valence-electron chi connectivity index (χ0n) is 15.1. The fraction of sp³-hybridized carbons (Fsp3) is 0.136. The van der Waals surface area contributed by atoms with Gasteiger partial charge >= 0.3 is 0 Å². The summed E-state index contributed by atoms with van der Waals surface area (Å²) in [7, 11) is 0. The van der Waals surface area contributed by atoms with E-state index < -0.39 is 0 Å². The van der Waals surface area contributed by atoms with Crippen molar-refractivity contribution in [3.63, 3.8) is 0 Å². The molecule has 4 aromatic rings. The van der Waals surface area contributed by atoms with Crippen LogP contribution in [0.4, 0.5) is 0 Å². The average Bonchev–Trinajstić information content (AvgIpc) is 3.26. The summed E-state index contributed by atoms with van der Waals surface area (Å²) in [5.74, 6) is 6.48. The number of rotatable bonds is 0. The number of hydrogen-bond acceptors (Lipinski definition) is 3. The minimum atomic E-state index is 0.679. The third-order valence-corrected chi connectivity index (χ3v) is 4.83. The molecule has 5 heteroatoms. The lowest BCUT2D eigenvalue weighted by Crippen LogP contribution is -2.03. The second kappa shape index (κ2) is 5.96. The predicted octanol–water partition coefficient (Wildman–Crippen LogP) is 3.37. The summed E-state index contributed by atoms with van der Waals surface area (Å²) in [4.78, 5) is 4.59. The fourth-order valence-electron chi connectivity index (χ4n) is 3.38. The van der Waals surface area contributed by atoms with E-state index in [-0.39, 0.29) is 0 Å². The Kier molecular flexibility index (Phi) is 3.44. The first-order chi connectivity index (χ1) is 13.2. The molecule has 27 heavy (non-hydrogen) atoms. The number of benzene rings is 2. The van der Waals surface area contributed by atoms with E-state index in [1.54, 1.807) is 0 Å². The summed E-state index contributed by atoms with van der Waals surface area (Å²) in [5, 5.41) is 8.40. The van der Waals surface area contributed by atoms with Gasteiger partial charge in [-0.25, -0.2) is 9.67 Å². The normalized spacial score (nSPS) is 11.6. The third-order valence-electron chi connectivity index (χ3n) is 4.83. The molecule has 0 saturated heterocycles. The van der Waals surface area contributed by atoms with Gasteiger partial charge in [0, 0.05) is 12.0 Å². The molecule has 0 amide bonds. The van der Waals surface area contributed by atoms with Crippen molar-refractivity contribution in [3.05, 3.63) is 88.8 Å². The first-order valence-corrected chi connectivity index (χ1v) is 8.85. The highest BCUT2D eigenvalue weighted by Crippen LogP contribution is 2.29. The number of hydrogen-bond donors (Lipinski definition) is 0. The highest BCUT2D eigenvalue weighted by molar-refractivity contribution is 5.58. The van der Waals surface area contributed by atoms with Gasteiger partial charge in [0.05, 0.1) is 29.0 Å². The Labute approximate surface area is 157 Å². The summed E-state index contributed by atoms with van der Waals surface area (Å²) >= 11 is 0. The number of imidazole rings is 1. The standard InChI is InChI=1S/C22H17N5/c1-15-3-6-17(7-4-15)8-9-19-21-12-18-13-24-25-27(18)22-11-16(2)5-10-20(22)26(21)14-23-19/h3-7,10-11,13-14H,12H2,1-2H3. The summed E-state index contributed by atoms with van der Waals surface area (Å²) in [6.07, 6.45) is 4.34. The molecule has 0 N–H and O–H groups in total. The molecule has 0 bridgehead atoms. The van der Waals surface area contributed by atoms with Crippen LogP contribution in [0.15, 0.2) is 55.0 Å². The number of nitrogens with zero attached hydrogens (tertiary/aromatic N) is 5. The fourth-order valence-corrected chi connectivity index (χ4v) is 3.38. The van der Waals surface area contributed by atoms with Gasteiger partial charge in [0.15, 0.2) is 0 Å². The van der Waals surface area contributed by atoms with Gasteiger partial charge in [-0.2, -0.15) is 0 Å². The van der Waals surface area contributed by atoms with Crippen LogP contribution in [0.2, 0.25) is 0 Å². The molecule has 2 aromatic heterocycles. The molecule has 0 fully saturated rings. The number of aryl methyl sites for hydroxylation is 2. The van der Waals surface area contributed by atoms with Crippen molar-refractivity contribution < 1.29 is 0 Å². The maximum absolute atomic E-state index is 4.59. The molecule has 5 nitrogen and oxygen atoms in total. The molecule has 0 saturated carbocycles. The maximum atomic E-state index is 4.59. The molecule has 5 rings (SSSR count). The smallest absolute Gasteiger partial charge is 0.135 e. The Bertz CT molecular complexity index is 1220. The molecule has 130 valence electrons. The largest absolute Gasteiger partial charge is 0.299 e. The molecule has 0 unspecified atom stereocenters. The molecule has 3 heterocycles. The van der Waals surface area contributed by atoms with Crippen LogP contribution >= 0.6 is 0 Å². The first kappa shape index (κ1) is 15.6. The van der Waals surface area contributed by atoms with E-state index in [9.17, 15) is 0 Å². The molecule has 0 radical (unpaired) electrons. The van der Waals surface area contributed by atoms with Crippen LogP contribution in [0, 0.1) is 25.7 Å². The van der Waals surface area contributed by atoms with Crippen LogP contribution in [0.3, 0.4) is 0 Å². The van der Waals surface area contributed by atoms with E-state index in [1.165, 1.54) is 11.1 Å². The van der Waals surface area contributed by atoms with Crippen LogP contribution in [-0.2, 0) is 6.42 Å². The Morgan fingerprint density at radius 1 is 0.926 bits per heavy atom. The van der Waals surface area contributed by atoms with Gasteiger partial charge in [-0.05, 0) is 49.6 Å². The lowest BCUT2D eigenvalue weighted by molar-refractivity contribution is 0.777. The van der Waals surface area contributed by atoms with Crippen molar-refractivity contribution in [1.29, 1.82) is 0 Å². The van der Waals surface area contributed by atoms with Gasteiger partial charge < -0.3 is 0 Å². The SMILES string of the molecule is Cc1ccc(C#Cc2ncn3c2Cc2cnnn2-c2cc(C)ccc2-3)cc1. The Morgan fingerprint density at radius 2 is 1.74 bits per heavy atom. The van der Waals surface area contributed by atoms with Crippen molar-refractivity contribution in [1.82, 2.24) is 24.5 Å². The average molecular weight is 351 g/mol. The van der Waals surface area contributed by atoms with Crippen LogP contribution in [0.25, 0.3) is 11.4 Å². The van der Waals surface area contributed by atoms with Crippen molar-refractivity contribution in [2.75, 3.05) is 0 Å². The van der Waals surface area contributed by atoms with E-state index in [4.69, 9.17) is 0 Å². The predicted molar refractivity (Wildman–Crippen MR) is 103 cm³/mol. The minimum absolute atomic E-state index is 0.679. The quantitative estimate of drug-likeness (QED) is 0.402. The monoisotopic (exact) mass is 351 g/mol. The molecular formula is C22H17N5. The topological polar surface area (TPSA) is 48.5 Å². The van der Waals surface area contributed by atoms with Crippen molar-refractivity contribution in [2.24, 2.45) is 0 Å². The second-order valence-corrected chi connectivity index (χ2v) is 6.83. The van der Waals surface area contributed by atoms with E-state index >= 15 is 0 Å². The summed E-state index contributed by atoms with van der Waals surface area (Å²) in [5.41, 5.74) is 8.31. The van der Waals surface area contributed by atoms with Crippen LogP contribution in [0.5, 0.6) is 0 Å². The zero-order valence-corrected chi connectivity index (χ0v) is 15.1. The molecule has 0 atom stereocenters. The lowest BCUT2D eigenvalue weighted by atomic mass is 10.1. The first-order valence-electron chi connectivity index (χ1n) is 8.85. The van der Waals surface area contributed by atoms with Gasteiger partial charge in [0.25, 0.3) is 0 Å². The van der Waals surface area contributed by atoms with Crippen molar-refractivity contribution in [2.45, 2.75) is 20.3 Å². The van der Waals surface area contributed by atoms with E-state index in [0.29, 0.717) is 6.42 Å². The van der Waals surface area contributed by atoms with Gasteiger partial charge in [0.2, 0.25) is 0 Å². The second-order valence-electron chi connectivity index (χ2n) is 6.83. The Balaban J connectivity index is 1.66. The lowest BCUT2D eigenvalue weighted by Gasteiger charge is -2.10. The van der Waals surface area contributed by atoms with E-state index in [1.807, 2.05) is 29.3 Å². The maximum Gasteiger partial charge on any atom is 0.135 e. The molecule has 0 aliphatic carbocycles. The minimum Gasteiger partial charge on any atom is -0.299 e. The molecule has 0 spiro atoms. The molecule has 2 aromatic carbocycles.